The lowest BCUT2D eigenvalue weighted by molar-refractivity contribution is 0.0696. The highest BCUT2D eigenvalue weighted by atomic mass is 32.2. The second-order valence-electron chi connectivity index (χ2n) is 5.78. The zero-order valence-corrected chi connectivity index (χ0v) is 15.0. The number of carboxylic acid groups (broad SMARTS) is 1. The molecule has 0 unspecified atom stereocenters. The SMILES string of the molecule is COCCCNc1ccc(C(=O)O)cc1S(=O)(=O)NC[C@H]1CCCO1. The van der Waals surface area contributed by atoms with Crippen molar-refractivity contribution in [3.05, 3.63) is 23.8 Å². The van der Waals surface area contributed by atoms with E-state index in [0.29, 0.717) is 31.9 Å². The molecule has 0 aliphatic carbocycles. The molecule has 1 aromatic carbocycles. The van der Waals surface area contributed by atoms with Gasteiger partial charge in [-0.3, -0.25) is 0 Å². The van der Waals surface area contributed by atoms with E-state index in [1.165, 1.54) is 18.2 Å². The molecule has 1 heterocycles. The van der Waals surface area contributed by atoms with Gasteiger partial charge in [0, 0.05) is 33.4 Å². The summed E-state index contributed by atoms with van der Waals surface area (Å²) in [4.78, 5) is 11.1. The number of sulfonamides is 1. The molecule has 0 aromatic heterocycles. The van der Waals surface area contributed by atoms with Gasteiger partial charge in [0.2, 0.25) is 10.0 Å². The maximum absolute atomic E-state index is 12.6. The molecule has 140 valence electrons. The van der Waals surface area contributed by atoms with Crippen molar-refractivity contribution in [1.82, 2.24) is 4.72 Å². The summed E-state index contributed by atoms with van der Waals surface area (Å²) in [6.07, 6.45) is 2.27. The van der Waals surface area contributed by atoms with Gasteiger partial charge in [-0.2, -0.15) is 0 Å². The van der Waals surface area contributed by atoms with Crippen molar-refractivity contribution < 1.29 is 27.8 Å². The summed E-state index contributed by atoms with van der Waals surface area (Å²) in [7, 11) is -2.27. The number of hydrogen-bond donors (Lipinski definition) is 3. The molecular weight excluding hydrogens is 348 g/mol. The molecule has 1 atom stereocenters. The first-order chi connectivity index (χ1) is 11.9. The maximum Gasteiger partial charge on any atom is 0.335 e. The number of benzene rings is 1. The summed E-state index contributed by atoms with van der Waals surface area (Å²) in [5.74, 6) is -1.18. The molecule has 3 N–H and O–H groups in total. The number of hydrogen-bond acceptors (Lipinski definition) is 6. The van der Waals surface area contributed by atoms with Crippen LogP contribution >= 0.6 is 0 Å². The molecule has 1 fully saturated rings. The van der Waals surface area contributed by atoms with Gasteiger partial charge in [-0.15, -0.1) is 0 Å². The van der Waals surface area contributed by atoms with E-state index in [4.69, 9.17) is 14.6 Å². The number of carboxylic acids is 1. The van der Waals surface area contributed by atoms with E-state index < -0.39 is 16.0 Å². The second kappa shape index (κ2) is 9.14. The molecule has 1 saturated heterocycles. The predicted octanol–water partition coefficient (Wildman–Crippen LogP) is 1.29. The molecule has 25 heavy (non-hydrogen) atoms. The summed E-state index contributed by atoms with van der Waals surface area (Å²) in [5, 5.41) is 12.2. The van der Waals surface area contributed by atoms with E-state index in [-0.39, 0.29) is 23.1 Å². The lowest BCUT2D eigenvalue weighted by atomic mass is 10.2. The summed E-state index contributed by atoms with van der Waals surface area (Å²) < 4.78 is 38.2. The third-order valence-electron chi connectivity index (χ3n) is 3.88. The smallest absolute Gasteiger partial charge is 0.335 e. The quantitative estimate of drug-likeness (QED) is 0.530. The van der Waals surface area contributed by atoms with Crippen molar-refractivity contribution in [2.24, 2.45) is 0 Å². The van der Waals surface area contributed by atoms with Gasteiger partial charge in [-0.05, 0) is 37.5 Å². The number of ether oxygens (including phenoxy) is 2. The van der Waals surface area contributed by atoms with Crippen LogP contribution in [0.2, 0.25) is 0 Å². The first-order valence-electron chi connectivity index (χ1n) is 8.15. The van der Waals surface area contributed by atoms with Crippen molar-refractivity contribution in [3.8, 4) is 0 Å². The first-order valence-corrected chi connectivity index (χ1v) is 9.64. The number of nitrogens with one attached hydrogen (secondary N) is 2. The molecule has 1 aromatic rings. The summed E-state index contributed by atoms with van der Waals surface area (Å²) in [6.45, 7) is 1.85. The highest BCUT2D eigenvalue weighted by Crippen LogP contribution is 2.23. The highest BCUT2D eigenvalue weighted by Gasteiger charge is 2.23. The van der Waals surface area contributed by atoms with Gasteiger partial charge in [-0.1, -0.05) is 0 Å². The Morgan fingerprint density at radius 2 is 2.24 bits per heavy atom. The summed E-state index contributed by atoms with van der Waals surface area (Å²) in [5.41, 5.74) is 0.279. The van der Waals surface area contributed by atoms with Crippen LogP contribution in [-0.2, 0) is 19.5 Å². The van der Waals surface area contributed by atoms with Crippen LogP contribution < -0.4 is 10.0 Å². The van der Waals surface area contributed by atoms with Gasteiger partial charge >= 0.3 is 5.97 Å². The molecule has 0 radical (unpaired) electrons. The average molecular weight is 372 g/mol. The van der Waals surface area contributed by atoms with E-state index in [2.05, 4.69) is 10.0 Å². The monoisotopic (exact) mass is 372 g/mol. The van der Waals surface area contributed by atoms with Gasteiger partial charge < -0.3 is 19.9 Å². The van der Waals surface area contributed by atoms with Crippen molar-refractivity contribution >= 4 is 21.7 Å². The lowest BCUT2D eigenvalue weighted by Crippen LogP contribution is -2.32. The Labute approximate surface area is 147 Å². The Bertz CT molecular complexity index is 686. The number of aromatic carboxylic acids is 1. The fourth-order valence-electron chi connectivity index (χ4n) is 2.55. The van der Waals surface area contributed by atoms with Crippen LogP contribution in [0.3, 0.4) is 0 Å². The topological polar surface area (TPSA) is 114 Å². The molecule has 8 nitrogen and oxygen atoms in total. The summed E-state index contributed by atoms with van der Waals surface area (Å²) >= 11 is 0. The Balaban J connectivity index is 2.17. The van der Waals surface area contributed by atoms with Gasteiger partial charge in [-0.25, -0.2) is 17.9 Å². The van der Waals surface area contributed by atoms with Crippen molar-refractivity contribution in [2.45, 2.75) is 30.3 Å². The van der Waals surface area contributed by atoms with E-state index in [9.17, 15) is 13.2 Å². The van der Waals surface area contributed by atoms with Crippen LogP contribution in [0, 0.1) is 0 Å². The number of anilines is 1. The van der Waals surface area contributed by atoms with Crippen LogP contribution in [0.4, 0.5) is 5.69 Å². The zero-order chi connectivity index (χ0) is 18.3. The normalized spacial score (nSPS) is 17.6. The Morgan fingerprint density at radius 3 is 2.88 bits per heavy atom. The third kappa shape index (κ3) is 5.67. The third-order valence-corrected chi connectivity index (χ3v) is 5.35. The predicted molar refractivity (Wildman–Crippen MR) is 92.5 cm³/mol. The molecule has 1 aliphatic rings. The van der Waals surface area contributed by atoms with Crippen molar-refractivity contribution in [1.29, 1.82) is 0 Å². The molecular formula is C16H24N2O6S. The standard InChI is InChI=1S/C16H24N2O6S/c1-23-8-3-7-17-14-6-5-12(16(19)20)10-15(14)25(21,22)18-11-13-4-2-9-24-13/h5-6,10,13,17-18H,2-4,7-9,11H2,1H3,(H,19,20)/t13-/m1/s1. The molecule has 0 saturated carbocycles. The number of methoxy groups -OCH3 is 1. The van der Waals surface area contributed by atoms with E-state index in [0.717, 1.165) is 12.8 Å². The van der Waals surface area contributed by atoms with Crippen LogP contribution in [0.15, 0.2) is 23.1 Å². The minimum absolute atomic E-state index is 0.0807. The average Bonchev–Trinajstić information content (AvgIpc) is 3.10. The summed E-state index contributed by atoms with van der Waals surface area (Å²) in [6, 6.07) is 4.01. The lowest BCUT2D eigenvalue weighted by Gasteiger charge is -2.16. The highest BCUT2D eigenvalue weighted by molar-refractivity contribution is 7.89. The Morgan fingerprint density at radius 1 is 1.44 bits per heavy atom. The van der Waals surface area contributed by atoms with Gasteiger partial charge in [0.1, 0.15) is 4.90 Å². The van der Waals surface area contributed by atoms with Crippen LogP contribution in [0.25, 0.3) is 0 Å². The van der Waals surface area contributed by atoms with Gasteiger partial charge in [0.05, 0.1) is 17.4 Å². The molecule has 0 spiro atoms. The molecule has 0 bridgehead atoms. The van der Waals surface area contributed by atoms with Crippen LogP contribution in [-0.4, -0.2) is 59.0 Å². The Hall–Kier alpha value is -1.68. The molecule has 2 rings (SSSR count). The van der Waals surface area contributed by atoms with Gasteiger partial charge in [0.15, 0.2) is 0 Å². The maximum atomic E-state index is 12.6. The van der Waals surface area contributed by atoms with Crippen LogP contribution in [0.1, 0.15) is 29.6 Å². The molecule has 1 aliphatic heterocycles. The minimum atomic E-state index is -3.86. The number of carbonyl (C=O) groups is 1. The van der Waals surface area contributed by atoms with E-state index in [1.54, 1.807) is 7.11 Å². The number of rotatable bonds is 10. The van der Waals surface area contributed by atoms with Gasteiger partial charge in [0.25, 0.3) is 0 Å². The van der Waals surface area contributed by atoms with E-state index >= 15 is 0 Å². The molecule has 0 amide bonds. The largest absolute Gasteiger partial charge is 0.478 e. The zero-order valence-electron chi connectivity index (χ0n) is 14.2. The second-order valence-corrected chi connectivity index (χ2v) is 7.51. The molecule has 9 heteroatoms. The van der Waals surface area contributed by atoms with E-state index in [1.807, 2.05) is 0 Å². The van der Waals surface area contributed by atoms with Crippen LogP contribution in [0.5, 0.6) is 0 Å². The first kappa shape index (κ1) is 19.6. The fourth-order valence-corrected chi connectivity index (χ4v) is 3.82. The minimum Gasteiger partial charge on any atom is -0.478 e. The van der Waals surface area contributed by atoms with Crippen molar-refractivity contribution in [2.75, 3.05) is 38.7 Å². The Kier molecular flexibility index (Phi) is 7.18. The fraction of sp³-hybridized carbons (Fsp3) is 0.562. The van der Waals surface area contributed by atoms with Crippen molar-refractivity contribution in [3.63, 3.8) is 0 Å².